The van der Waals surface area contributed by atoms with Crippen LogP contribution in [0.4, 0.5) is 0 Å². The zero-order chi connectivity index (χ0) is 9.10. The smallest absolute Gasteiger partial charge is 0.0742 e. The van der Waals surface area contributed by atoms with E-state index in [2.05, 4.69) is 10.1 Å². The molecule has 2 rings (SSSR count). The van der Waals surface area contributed by atoms with Gasteiger partial charge in [0.1, 0.15) is 0 Å². The molecular weight excluding hydrogens is 164 g/mol. The highest BCUT2D eigenvalue weighted by molar-refractivity contribution is 5.89. The van der Waals surface area contributed by atoms with Crippen LogP contribution in [0.25, 0.3) is 0 Å². The summed E-state index contributed by atoms with van der Waals surface area (Å²) in [5.41, 5.74) is 1.02. The molecule has 3 nitrogen and oxygen atoms in total. The van der Waals surface area contributed by atoms with Crippen molar-refractivity contribution in [1.29, 1.82) is 0 Å². The molecule has 0 aromatic carbocycles. The van der Waals surface area contributed by atoms with E-state index in [1.165, 1.54) is 45.2 Å². The minimum Gasteiger partial charge on any atom is -0.411 e. The summed E-state index contributed by atoms with van der Waals surface area (Å²) in [5.74, 6) is 0. The fraction of sp³-hybridized carbons (Fsp3) is 0.900. The monoisotopic (exact) mass is 182 g/mol. The van der Waals surface area contributed by atoms with Crippen LogP contribution in [0.3, 0.4) is 0 Å². The SMILES string of the molecule is O/N=C1/CCCC[C@H]1N1CCCC1. The summed E-state index contributed by atoms with van der Waals surface area (Å²) in [5, 5.41) is 12.3. The molecule has 0 bridgehead atoms. The first kappa shape index (κ1) is 9.00. The van der Waals surface area contributed by atoms with E-state index in [0.29, 0.717) is 6.04 Å². The van der Waals surface area contributed by atoms with Gasteiger partial charge in [0, 0.05) is 0 Å². The standard InChI is InChI=1S/C10H18N2O/c13-11-9-5-1-2-6-10(9)12-7-3-4-8-12/h10,13H,1-8H2/b11-9-/t10-/m1/s1. The molecule has 3 heteroatoms. The van der Waals surface area contributed by atoms with Crippen LogP contribution in [0, 0.1) is 0 Å². The van der Waals surface area contributed by atoms with Gasteiger partial charge in [-0.25, -0.2) is 0 Å². The van der Waals surface area contributed by atoms with Crippen LogP contribution in [0.5, 0.6) is 0 Å². The average Bonchev–Trinajstić information content (AvgIpc) is 2.70. The summed E-state index contributed by atoms with van der Waals surface area (Å²) >= 11 is 0. The van der Waals surface area contributed by atoms with Crippen molar-refractivity contribution in [1.82, 2.24) is 4.90 Å². The second-order valence-corrected chi connectivity index (χ2v) is 4.10. The maximum absolute atomic E-state index is 8.88. The van der Waals surface area contributed by atoms with Crippen molar-refractivity contribution < 1.29 is 5.21 Å². The molecule has 0 aromatic rings. The summed E-state index contributed by atoms with van der Waals surface area (Å²) in [6.45, 7) is 2.40. The van der Waals surface area contributed by atoms with Gasteiger partial charge in [0.25, 0.3) is 0 Å². The van der Waals surface area contributed by atoms with Crippen LogP contribution in [0.2, 0.25) is 0 Å². The first-order chi connectivity index (χ1) is 6.42. The maximum atomic E-state index is 8.88. The van der Waals surface area contributed by atoms with Crippen molar-refractivity contribution >= 4 is 5.71 Å². The van der Waals surface area contributed by atoms with E-state index in [0.717, 1.165) is 12.1 Å². The van der Waals surface area contributed by atoms with Gasteiger partial charge in [-0.05, 0) is 45.2 Å². The molecular formula is C10H18N2O. The van der Waals surface area contributed by atoms with Crippen molar-refractivity contribution in [2.24, 2.45) is 5.16 Å². The highest BCUT2D eigenvalue weighted by atomic mass is 16.4. The van der Waals surface area contributed by atoms with Gasteiger partial charge < -0.3 is 5.21 Å². The lowest BCUT2D eigenvalue weighted by molar-refractivity contribution is 0.253. The number of hydrogen-bond donors (Lipinski definition) is 1. The molecule has 0 amide bonds. The maximum Gasteiger partial charge on any atom is 0.0742 e. The Kier molecular flexibility index (Phi) is 2.83. The van der Waals surface area contributed by atoms with Crippen LogP contribution in [0.15, 0.2) is 5.16 Å². The predicted molar refractivity (Wildman–Crippen MR) is 52.3 cm³/mol. The van der Waals surface area contributed by atoms with Gasteiger partial charge in [-0.2, -0.15) is 0 Å². The minimum absolute atomic E-state index is 0.459. The second kappa shape index (κ2) is 4.09. The normalized spacial score (nSPS) is 34.2. The van der Waals surface area contributed by atoms with Crippen LogP contribution in [-0.4, -0.2) is 35.0 Å². The molecule has 74 valence electrons. The Hall–Kier alpha value is -0.570. The van der Waals surface area contributed by atoms with Crippen molar-refractivity contribution in [3.63, 3.8) is 0 Å². The lowest BCUT2D eigenvalue weighted by atomic mass is 9.92. The summed E-state index contributed by atoms with van der Waals surface area (Å²) in [4.78, 5) is 2.48. The zero-order valence-electron chi connectivity index (χ0n) is 8.08. The molecule has 0 aromatic heterocycles. The Morgan fingerprint density at radius 1 is 1.15 bits per heavy atom. The van der Waals surface area contributed by atoms with Crippen molar-refractivity contribution in [3.8, 4) is 0 Å². The molecule has 1 heterocycles. The molecule has 1 N–H and O–H groups in total. The topological polar surface area (TPSA) is 35.8 Å². The Labute approximate surface area is 79.4 Å². The first-order valence-corrected chi connectivity index (χ1v) is 5.36. The minimum atomic E-state index is 0.459. The fourth-order valence-electron chi connectivity index (χ4n) is 2.54. The Balaban J connectivity index is 2.01. The third-order valence-corrected chi connectivity index (χ3v) is 3.25. The highest BCUT2D eigenvalue weighted by Crippen LogP contribution is 2.23. The Morgan fingerprint density at radius 2 is 1.92 bits per heavy atom. The molecule has 1 saturated heterocycles. The third kappa shape index (κ3) is 1.85. The van der Waals surface area contributed by atoms with E-state index in [9.17, 15) is 0 Å². The number of rotatable bonds is 1. The lowest BCUT2D eigenvalue weighted by Gasteiger charge is -2.31. The molecule has 1 aliphatic carbocycles. The molecule has 0 unspecified atom stereocenters. The summed E-state index contributed by atoms with van der Waals surface area (Å²) in [6, 6.07) is 0.459. The lowest BCUT2D eigenvalue weighted by Crippen LogP contribution is -2.41. The van der Waals surface area contributed by atoms with Crippen molar-refractivity contribution in [2.75, 3.05) is 13.1 Å². The van der Waals surface area contributed by atoms with Crippen molar-refractivity contribution in [3.05, 3.63) is 0 Å². The highest BCUT2D eigenvalue weighted by Gasteiger charge is 2.28. The number of likely N-dealkylation sites (tertiary alicyclic amines) is 1. The molecule has 0 spiro atoms. The second-order valence-electron chi connectivity index (χ2n) is 4.10. The van der Waals surface area contributed by atoms with Gasteiger partial charge in [-0.1, -0.05) is 11.6 Å². The molecule has 2 aliphatic rings. The Bertz CT molecular complexity index is 197. The van der Waals surface area contributed by atoms with Gasteiger partial charge in [0.2, 0.25) is 0 Å². The Morgan fingerprint density at radius 3 is 2.62 bits per heavy atom. The van der Waals surface area contributed by atoms with Gasteiger partial charge in [-0.3, -0.25) is 4.90 Å². The van der Waals surface area contributed by atoms with E-state index in [1.54, 1.807) is 0 Å². The van der Waals surface area contributed by atoms with Crippen LogP contribution >= 0.6 is 0 Å². The van der Waals surface area contributed by atoms with Gasteiger partial charge >= 0.3 is 0 Å². The molecule has 1 saturated carbocycles. The van der Waals surface area contributed by atoms with E-state index >= 15 is 0 Å². The van der Waals surface area contributed by atoms with Crippen LogP contribution < -0.4 is 0 Å². The molecule has 1 aliphatic heterocycles. The van der Waals surface area contributed by atoms with Gasteiger partial charge in [0.15, 0.2) is 0 Å². The number of oxime groups is 1. The van der Waals surface area contributed by atoms with E-state index in [-0.39, 0.29) is 0 Å². The number of hydrogen-bond acceptors (Lipinski definition) is 3. The summed E-state index contributed by atoms with van der Waals surface area (Å²) in [6.07, 6.45) is 7.31. The van der Waals surface area contributed by atoms with Gasteiger partial charge in [0.05, 0.1) is 11.8 Å². The summed E-state index contributed by atoms with van der Waals surface area (Å²) in [7, 11) is 0. The third-order valence-electron chi connectivity index (χ3n) is 3.25. The van der Waals surface area contributed by atoms with E-state index < -0.39 is 0 Å². The fourth-order valence-corrected chi connectivity index (χ4v) is 2.54. The zero-order valence-corrected chi connectivity index (χ0v) is 8.08. The predicted octanol–water partition coefficient (Wildman–Crippen LogP) is 1.85. The average molecular weight is 182 g/mol. The van der Waals surface area contributed by atoms with Crippen LogP contribution in [-0.2, 0) is 0 Å². The van der Waals surface area contributed by atoms with E-state index in [1.807, 2.05) is 0 Å². The molecule has 0 radical (unpaired) electrons. The first-order valence-electron chi connectivity index (χ1n) is 5.36. The van der Waals surface area contributed by atoms with Crippen molar-refractivity contribution in [2.45, 2.75) is 44.6 Å². The quantitative estimate of drug-likeness (QED) is 0.496. The molecule has 13 heavy (non-hydrogen) atoms. The molecule has 2 fully saturated rings. The van der Waals surface area contributed by atoms with Gasteiger partial charge in [-0.15, -0.1) is 0 Å². The molecule has 1 atom stereocenters. The van der Waals surface area contributed by atoms with E-state index in [4.69, 9.17) is 5.21 Å². The van der Waals surface area contributed by atoms with Crippen LogP contribution in [0.1, 0.15) is 38.5 Å². The largest absolute Gasteiger partial charge is 0.411 e. The summed E-state index contributed by atoms with van der Waals surface area (Å²) < 4.78 is 0. The number of nitrogens with zero attached hydrogens (tertiary/aromatic N) is 2.